The number of ether oxygens (including phenoxy) is 1. The Bertz CT molecular complexity index is 947. The second-order valence-electron chi connectivity index (χ2n) is 9.72. The lowest BCUT2D eigenvalue weighted by Crippen LogP contribution is -2.34. The van der Waals surface area contributed by atoms with E-state index in [2.05, 4.69) is 26.9 Å². The van der Waals surface area contributed by atoms with Gasteiger partial charge in [-0.05, 0) is 42.7 Å². The van der Waals surface area contributed by atoms with Crippen LogP contribution in [0.2, 0.25) is 0 Å². The van der Waals surface area contributed by atoms with Crippen molar-refractivity contribution < 1.29 is 74.0 Å². The predicted molar refractivity (Wildman–Crippen MR) is 128 cm³/mol. The summed E-state index contributed by atoms with van der Waals surface area (Å²) in [6, 6.07) is 6.23. The average molecular weight is 643 g/mol. The van der Waals surface area contributed by atoms with E-state index >= 15 is 0 Å². The van der Waals surface area contributed by atoms with E-state index < -0.39 is 36.4 Å². The number of nitrogens with zero attached hydrogens (tertiary/aromatic N) is 3. The summed E-state index contributed by atoms with van der Waals surface area (Å²) in [4.78, 5) is 36.5. The van der Waals surface area contributed by atoms with Gasteiger partial charge in [-0.1, -0.05) is 6.07 Å². The first-order valence-electron chi connectivity index (χ1n) is 12.5. The molecule has 0 aromatic carbocycles. The van der Waals surface area contributed by atoms with Crippen LogP contribution in [0.5, 0.6) is 0 Å². The Hall–Kier alpha value is -3.19. The predicted octanol–water partition coefficient (Wildman–Crippen LogP) is 3.77. The maximum atomic E-state index is 10.6. The van der Waals surface area contributed by atoms with E-state index in [1.54, 1.807) is 0 Å². The highest BCUT2D eigenvalue weighted by Gasteiger charge is 2.41. The zero-order valence-electron chi connectivity index (χ0n) is 22.3. The minimum absolute atomic E-state index is 0.872. The molecule has 1 aromatic rings. The maximum Gasteiger partial charge on any atom is 0.490 e. The molecule has 4 heterocycles. The first kappa shape index (κ1) is 37.8. The molecule has 3 aliphatic rings. The van der Waals surface area contributed by atoms with Crippen molar-refractivity contribution in [2.75, 3.05) is 45.9 Å². The molecule has 2 atom stereocenters. The second-order valence-corrected chi connectivity index (χ2v) is 9.72. The van der Waals surface area contributed by atoms with Crippen LogP contribution in [-0.2, 0) is 25.7 Å². The van der Waals surface area contributed by atoms with E-state index in [0.29, 0.717) is 0 Å². The van der Waals surface area contributed by atoms with Crippen molar-refractivity contribution in [1.29, 1.82) is 0 Å². The number of hydrogen-bond acceptors (Lipinski definition) is 7. The highest BCUT2D eigenvalue weighted by molar-refractivity contribution is 5.73. The Morgan fingerprint density at radius 1 is 0.744 bits per heavy atom. The average Bonchev–Trinajstić information content (AvgIpc) is 3.42. The largest absolute Gasteiger partial charge is 0.490 e. The molecule has 0 radical (unpaired) electrons. The molecule has 3 aliphatic heterocycles. The number of carbonyl (C=O) groups is 3. The molecule has 0 spiro atoms. The number of hydrogen-bond donors (Lipinski definition) is 3. The first-order valence-corrected chi connectivity index (χ1v) is 12.5. The summed E-state index contributed by atoms with van der Waals surface area (Å²) in [6.45, 7) is 9.40. The molecule has 0 amide bonds. The topological polar surface area (TPSA) is 140 Å². The molecule has 0 aliphatic carbocycles. The van der Waals surface area contributed by atoms with E-state index in [-0.39, 0.29) is 0 Å². The highest BCUT2D eigenvalue weighted by Crippen LogP contribution is 2.33. The quantitative estimate of drug-likeness (QED) is 0.416. The minimum Gasteiger partial charge on any atom is -0.475 e. The standard InChI is InChI=1S/C18H27N3O.3C2HF3O2/c1-2-6-19-18(3-1)14-21-12-16-10-20(11-17(16)13-21)9-15-4-7-22-8-5-15;3*3-2(4,5)1(6)7/h1-3,6,15-17H,4-5,7-14H2;3*(H,6,7)/t16-,17+;;;. The third-order valence-corrected chi connectivity index (χ3v) is 6.33. The van der Waals surface area contributed by atoms with Crippen LogP contribution < -0.4 is 0 Å². The molecule has 0 saturated carbocycles. The van der Waals surface area contributed by atoms with E-state index in [1.807, 2.05) is 12.3 Å². The van der Waals surface area contributed by atoms with Gasteiger partial charge in [0.25, 0.3) is 0 Å². The van der Waals surface area contributed by atoms with Crippen molar-refractivity contribution in [3.8, 4) is 0 Å². The van der Waals surface area contributed by atoms with Gasteiger partial charge in [0.05, 0.1) is 5.69 Å². The number of pyridine rings is 1. The van der Waals surface area contributed by atoms with Crippen molar-refractivity contribution >= 4 is 17.9 Å². The zero-order valence-corrected chi connectivity index (χ0v) is 22.3. The van der Waals surface area contributed by atoms with Gasteiger partial charge in [0.2, 0.25) is 0 Å². The van der Waals surface area contributed by atoms with Gasteiger partial charge in [-0.2, -0.15) is 39.5 Å². The van der Waals surface area contributed by atoms with Crippen LogP contribution in [0.25, 0.3) is 0 Å². The molecule has 3 saturated heterocycles. The summed E-state index contributed by atoms with van der Waals surface area (Å²) >= 11 is 0. The summed E-state index contributed by atoms with van der Waals surface area (Å²) in [5, 5.41) is 21.4. The van der Waals surface area contributed by atoms with E-state index in [0.717, 1.165) is 37.5 Å². The third kappa shape index (κ3) is 15.2. The van der Waals surface area contributed by atoms with Gasteiger partial charge in [0.15, 0.2) is 0 Å². The zero-order chi connectivity index (χ0) is 33.0. The monoisotopic (exact) mass is 643 g/mol. The molecular weight excluding hydrogens is 613 g/mol. The lowest BCUT2D eigenvalue weighted by molar-refractivity contribution is -0.193. The summed E-state index contributed by atoms with van der Waals surface area (Å²) in [6.07, 6.45) is -10.8. The lowest BCUT2D eigenvalue weighted by Gasteiger charge is -2.28. The van der Waals surface area contributed by atoms with Gasteiger partial charge in [0.1, 0.15) is 0 Å². The van der Waals surface area contributed by atoms with Crippen LogP contribution in [0.1, 0.15) is 18.5 Å². The van der Waals surface area contributed by atoms with Crippen LogP contribution in [-0.4, -0.2) is 112 Å². The molecule has 3 N–H and O–H groups in total. The molecule has 0 bridgehead atoms. The molecule has 4 rings (SSSR count). The molecule has 43 heavy (non-hydrogen) atoms. The minimum atomic E-state index is -5.08. The number of alkyl halides is 9. The maximum absolute atomic E-state index is 10.6. The van der Waals surface area contributed by atoms with Gasteiger partial charge in [-0.25, -0.2) is 14.4 Å². The number of carboxylic acid groups (broad SMARTS) is 3. The van der Waals surface area contributed by atoms with E-state index in [1.165, 1.54) is 51.3 Å². The summed E-state index contributed by atoms with van der Waals surface area (Å²) in [7, 11) is 0. The Labute approximate surface area is 239 Å². The molecule has 19 heteroatoms. The lowest BCUT2D eigenvalue weighted by atomic mass is 10.00. The Kier molecular flexibility index (Phi) is 14.6. The number of aromatic nitrogens is 1. The van der Waals surface area contributed by atoms with Crippen LogP contribution in [0, 0.1) is 17.8 Å². The number of likely N-dealkylation sites (tertiary alicyclic amines) is 2. The van der Waals surface area contributed by atoms with Crippen LogP contribution >= 0.6 is 0 Å². The van der Waals surface area contributed by atoms with Crippen molar-refractivity contribution in [1.82, 2.24) is 14.8 Å². The van der Waals surface area contributed by atoms with Crippen molar-refractivity contribution in [2.45, 2.75) is 37.9 Å². The molecule has 0 unspecified atom stereocenters. The molecule has 10 nitrogen and oxygen atoms in total. The third-order valence-electron chi connectivity index (χ3n) is 6.33. The summed E-state index contributed by atoms with van der Waals surface area (Å²) in [5.74, 6) is -5.64. The number of aliphatic carboxylic acids is 3. The normalized spacial score (nSPS) is 21.2. The number of fused-ring (bicyclic) bond motifs is 1. The number of halogens is 9. The highest BCUT2D eigenvalue weighted by atomic mass is 19.4. The second kappa shape index (κ2) is 16.6. The fraction of sp³-hybridized carbons (Fsp3) is 0.667. The fourth-order valence-electron chi connectivity index (χ4n) is 4.48. The van der Waals surface area contributed by atoms with Crippen molar-refractivity contribution in [3.63, 3.8) is 0 Å². The number of rotatable bonds is 4. The van der Waals surface area contributed by atoms with Gasteiger partial charge in [0, 0.05) is 58.7 Å². The van der Waals surface area contributed by atoms with Crippen LogP contribution in [0.4, 0.5) is 39.5 Å². The van der Waals surface area contributed by atoms with Gasteiger partial charge in [-0.3, -0.25) is 9.88 Å². The summed E-state index contributed by atoms with van der Waals surface area (Å²) < 4.78 is 101. The van der Waals surface area contributed by atoms with Crippen LogP contribution in [0.15, 0.2) is 24.4 Å². The summed E-state index contributed by atoms with van der Waals surface area (Å²) in [5.41, 5.74) is 1.21. The van der Waals surface area contributed by atoms with Crippen LogP contribution in [0.3, 0.4) is 0 Å². The Morgan fingerprint density at radius 2 is 1.14 bits per heavy atom. The molecular formula is C24H30F9N3O7. The molecule has 1 aromatic heterocycles. The molecule has 3 fully saturated rings. The Morgan fingerprint density at radius 3 is 1.49 bits per heavy atom. The van der Waals surface area contributed by atoms with E-state index in [9.17, 15) is 39.5 Å². The fourth-order valence-corrected chi connectivity index (χ4v) is 4.48. The number of carboxylic acids is 3. The van der Waals surface area contributed by atoms with Crippen molar-refractivity contribution in [3.05, 3.63) is 30.1 Å². The first-order chi connectivity index (χ1) is 19.7. The van der Waals surface area contributed by atoms with Gasteiger partial charge < -0.3 is 25.0 Å². The van der Waals surface area contributed by atoms with Crippen molar-refractivity contribution in [2.24, 2.45) is 17.8 Å². The van der Waals surface area contributed by atoms with E-state index in [4.69, 9.17) is 34.4 Å². The smallest absolute Gasteiger partial charge is 0.475 e. The van der Waals surface area contributed by atoms with Gasteiger partial charge >= 0.3 is 36.4 Å². The molecule has 246 valence electrons. The Balaban J connectivity index is 0.000000363. The SMILES string of the molecule is O=C(O)C(F)(F)F.O=C(O)C(F)(F)F.O=C(O)C(F)(F)F.c1ccc(CN2C[C@@H]3CN(CC4CCOCC4)C[C@@H]3C2)nc1. The van der Waals surface area contributed by atoms with Gasteiger partial charge in [-0.15, -0.1) is 0 Å².